The van der Waals surface area contributed by atoms with Crippen LogP contribution in [-0.2, 0) is 20.7 Å². The summed E-state index contributed by atoms with van der Waals surface area (Å²) < 4.78 is 10.5. The van der Waals surface area contributed by atoms with Crippen LogP contribution in [0.2, 0.25) is 0 Å². The van der Waals surface area contributed by atoms with Crippen molar-refractivity contribution < 1.29 is 23.9 Å². The van der Waals surface area contributed by atoms with Crippen LogP contribution in [0.3, 0.4) is 0 Å². The van der Waals surface area contributed by atoms with Crippen LogP contribution in [0.1, 0.15) is 61.1 Å². The molecule has 2 amide bonds. The third kappa shape index (κ3) is 8.41. The number of ether oxygens (including phenoxy) is 2. The van der Waals surface area contributed by atoms with Gasteiger partial charge >= 0.3 is 5.97 Å². The second-order valence-corrected chi connectivity index (χ2v) is 7.45. The average Bonchev–Trinajstić information content (AvgIpc) is 2.81. The van der Waals surface area contributed by atoms with Gasteiger partial charge in [-0.3, -0.25) is 14.4 Å². The maximum atomic E-state index is 12.2. The zero-order chi connectivity index (χ0) is 23.3. The third-order valence-corrected chi connectivity index (χ3v) is 4.91. The standard InChI is InChI=1S/C25H32N2O5/c1-4-6-15-31-22-13-11-21(12-14-22)25(30)26-16-24(29)32-17-23(28)27-18(3)20-9-7-19(5-2)8-10-20/h7-14,18H,4-6,15-17H2,1-3H3,(H,26,30)(H,27,28). The maximum absolute atomic E-state index is 12.2. The van der Waals surface area contributed by atoms with E-state index in [1.54, 1.807) is 24.3 Å². The molecule has 2 N–H and O–H groups in total. The van der Waals surface area contributed by atoms with Gasteiger partial charge in [0.25, 0.3) is 11.8 Å². The fourth-order valence-corrected chi connectivity index (χ4v) is 2.90. The number of hydrogen-bond donors (Lipinski definition) is 2. The number of rotatable bonds is 12. The SMILES string of the molecule is CCCCOc1ccc(C(=O)NCC(=O)OCC(=O)NC(C)c2ccc(CC)cc2)cc1. The molecule has 2 aromatic rings. The van der Waals surface area contributed by atoms with E-state index in [0.29, 0.717) is 17.9 Å². The fourth-order valence-electron chi connectivity index (χ4n) is 2.90. The first-order valence-corrected chi connectivity index (χ1v) is 11.0. The van der Waals surface area contributed by atoms with Crippen molar-refractivity contribution in [2.75, 3.05) is 19.8 Å². The molecule has 0 saturated heterocycles. The highest BCUT2D eigenvalue weighted by Crippen LogP contribution is 2.14. The quantitative estimate of drug-likeness (QED) is 0.389. The average molecular weight is 441 g/mol. The van der Waals surface area contributed by atoms with Crippen LogP contribution >= 0.6 is 0 Å². The minimum Gasteiger partial charge on any atom is -0.494 e. The van der Waals surface area contributed by atoms with Crippen molar-refractivity contribution in [1.82, 2.24) is 10.6 Å². The molecule has 1 unspecified atom stereocenters. The molecule has 7 heteroatoms. The minimum atomic E-state index is -0.687. The molecule has 2 rings (SSSR count). The summed E-state index contributed by atoms with van der Waals surface area (Å²) in [4.78, 5) is 36.1. The van der Waals surface area contributed by atoms with E-state index in [0.717, 1.165) is 24.8 Å². The van der Waals surface area contributed by atoms with Gasteiger partial charge in [-0.2, -0.15) is 0 Å². The zero-order valence-corrected chi connectivity index (χ0v) is 19.0. The molecule has 7 nitrogen and oxygen atoms in total. The van der Waals surface area contributed by atoms with E-state index in [4.69, 9.17) is 9.47 Å². The molecule has 1 atom stereocenters. The van der Waals surface area contributed by atoms with Gasteiger partial charge in [-0.1, -0.05) is 44.5 Å². The summed E-state index contributed by atoms with van der Waals surface area (Å²) in [5.41, 5.74) is 2.59. The van der Waals surface area contributed by atoms with Crippen LogP contribution in [0.4, 0.5) is 0 Å². The van der Waals surface area contributed by atoms with E-state index in [2.05, 4.69) is 24.5 Å². The summed E-state index contributed by atoms with van der Waals surface area (Å²) in [7, 11) is 0. The van der Waals surface area contributed by atoms with Crippen LogP contribution in [0.5, 0.6) is 5.75 Å². The molecular weight excluding hydrogens is 408 g/mol. The van der Waals surface area contributed by atoms with Crippen molar-refractivity contribution in [3.05, 3.63) is 65.2 Å². The highest BCUT2D eigenvalue weighted by atomic mass is 16.5. The molecule has 0 aromatic heterocycles. The molecule has 2 aromatic carbocycles. The van der Waals surface area contributed by atoms with Gasteiger partial charge in [0, 0.05) is 5.56 Å². The number of esters is 1. The topological polar surface area (TPSA) is 93.7 Å². The number of unbranched alkanes of at least 4 members (excludes halogenated alkanes) is 1. The van der Waals surface area contributed by atoms with Crippen LogP contribution in [0, 0.1) is 0 Å². The Morgan fingerprint density at radius 3 is 2.28 bits per heavy atom. The van der Waals surface area contributed by atoms with Gasteiger partial charge in [-0.15, -0.1) is 0 Å². The number of carbonyl (C=O) groups excluding carboxylic acids is 3. The second-order valence-electron chi connectivity index (χ2n) is 7.45. The van der Waals surface area contributed by atoms with E-state index >= 15 is 0 Å². The predicted octanol–water partition coefficient (Wildman–Crippen LogP) is 3.58. The Morgan fingerprint density at radius 2 is 1.66 bits per heavy atom. The smallest absolute Gasteiger partial charge is 0.325 e. The Balaban J connectivity index is 1.69. The van der Waals surface area contributed by atoms with Crippen molar-refractivity contribution >= 4 is 17.8 Å². The summed E-state index contributed by atoms with van der Waals surface area (Å²) in [6.45, 7) is 5.93. The molecular formula is C25H32N2O5. The summed E-state index contributed by atoms with van der Waals surface area (Å²) in [6.07, 6.45) is 2.96. The molecule has 0 aliphatic carbocycles. The van der Waals surface area contributed by atoms with E-state index in [9.17, 15) is 14.4 Å². The van der Waals surface area contributed by atoms with E-state index in [1.807, 2.05) is 31.2 Å². The monoisotopic (exact) mass is 440 g/mol. The van der Waals surface area contributed by atoms with Crippen molar-refractivity contribution in [3.63, 3.8) is 0 Å². The lowest BCUT2D eigenvalue weighted by Gasteiger charge is -2.15. The lowest BCUT2D eigenvalue weighted by Crippen LogP contribution is -2.34. The van der Waals surface area contributed by atoms with Crippen molar-refractivity contribution in [1.29, 1.82) is 0 Å². The number of hydrogen-bond acceptors (Lipinski definition) is 5. The molecule has 32 heavy (non-hydrogen) atoms. The third-order valence-electron chi connectivity index (χ3n) is 4.91. The molecule has 172 valence electrons. The Kier molecular flexibility index (Phi) is 10.2. The largest absolute Gasteiger partial charge is 0.494 e. The first-order chi connectivity index (χ1) is 15.4. The summed E-state index contributed by atoms with van der Waals surface area (Å²) in [5.74, 6) is -0.810. The molecule has 0 aliphatic rings. The molecule has 0 heterocycles. The van der Waals surface area contributed by atoms with Crippen LogP contribution in [0.25, 0.3) is 0 Å². The molecule has 0 bridgehead atoms. The number of amides is 2. The van der Waals surface area contributed by atoms with Gasteiger partial charge < -0.3 is 20.1 Å². The summed E-state index contributed by atoms with van der Waals surface area (Å²) in [6, 6.07) is 14.5. The maximum Gasteiger partial charge on any atom is 0.325 e. The summed E-state index contributed by atoms with van der Waals surface area (Å²) >= 11 is 0. The van der Waals surface area contributed by atoms with Gasteiger partial charge in [0.2, 0.25) is 0 Å². The Hall–Kier alpha value is -3.35. The molecule has 0 aliphatic heterocycles. The summed E-state index contributed by atoms with van der Waals surface area (Å²) in [5, 5.41) is 5.27. The Bertz CT molecular complexity index is 878. The molecule has 0 saturated carbocycles. The van der Waals surface area contributed by atoms with Gasteiger partial charge in [-0.05, 0) is 55.2 Å². The van der Waals surface area contributed by atoms with Crippen molar-refractivity contribution in [2.24, 2.45) is 0 Å². The first kappa shape index (κ1) is 24.9. The van der Waals surface area contributed by atoms with E-state index in [-0.39, 0.29) is 12.6 Å². The zero-order valence-electron chi connectivity index (χ0n) is 19.0. The number of nitrogens with one attached hydrogen (secondary N) is 2. The number of aryl methyl sites for hydroxylation is 1. The first-order valence-electron chi connectivity index (χ1n) is 11.0. The number of carbonyl (C=O) groups is 3. The lowest BCUT2D eigenvalue weighted by molar-refractivity contribution is -0.147. The van der Waals surface area contributed by atoms with Gasteiger partial charge in [0.05, 0.1) is 12.6 Å². The van der Waals surface area contributed by atoms with Crippen LogP contribution < -0.4 is 15.4 Å². The van der Waals surface area contributed by atoms with Gasteiger partial charge in [-0.25, -0.2) is 0 Å². The fraction of sp³-hybridized carbons (Fsp3) is 0.400. The Labute approximate surface area is 189 Å². The molecule has 0 radical (unpaired) electrons. The predicted molar refractivity (Wildman–Crippen MR) is 123 cm³/mol. The highest BCUT2D eigenvalue weighted by Gasteiger charge is 2.13. The molecule has 0 fully saturated rings. The van der Waals surface area contributed by atoms with Crippen molar-refractivity contribution in [3.8, 4) is 5.75 Å². The minimum absolute atomic E-state index is 0.208. The van der Waals surface area contributed by atoms with Gasteiger partial charge in [0.1, 0.15) is 12.3 Å². The van der Waals surface area contributed by atoms with Crippen LogP contribution in [-0.4, -0.2) is 37.5 Å². The number of benzene rings is 2. The van der Waals surface area contributed by atoms with E-state index < -0.39 is 24.4 Å². The Morgan fingerprint density at radius 1 is 0.969 bits per heavy atom. The normalized spacial score (nSPS) is 11.3. The van der Waals surface area contributed by atoms with E-state index in [1.165, 1.54) is 5.56 Å². The highest BCUT2D eigenvalue weighted by molar-refractivity contribution is 5.96. The van der Waals surface area contributed by atoms with Gasteiger partial charge in [0.15, 0.2) is 6.61 Å². The second kappa shape index (κ2) is 13.1. The van der Waals surface area contributed by atoms with Crippen molar-refractivity contribution in [2.45, 2.75) is 46.1 Å². The van der Waals surface area contributed by atoms with Crippen LogP contribution in [0.15, 0.2) is 48.5 Å². The molecule has 0 spiro atoms. The lowest BCUT2D eigenvalue weighted by atomic mass is 10.1.